The zero-order valence-corrected chi connectivity index (χ0v) is 22.8. The third kappa shape index (κ3) is 5.57. The summed E-state index contributed by atoms with van der Waals surface area (Å²) in [5.74, 6) is 0.479. The number of fused-ring (bicyclic) bond motifs is 1. The van der Waals surface area contributed by atoms with Crippen LogP contribution in [-0.2, 0) is 26.3 Å². The Bertz CT molecular complexity index is 1130. The molecule has 0 heterocycles. The average Bonchev–Trinajstić information content (AvgIpc) is 3.19. The predicted molar refractivity (Wildman–Crippen MR) is 135 cm³/mol. The minimum absolute atomic E-state index is 0.140. The van der Waals surface area contributed by atoms with Crippen LogP contribution in [-0.4, -0.2) is 0 Å². The molecule has 0 radical (unpaired) electrons. The van der Waals surface area contributed by atoms with Crippen LogP contribution >= 0.6 is 17.0 Å². The molecule has 0 aliphatic rings. The Hall–Kier alpha value is -1.27. The van der Waals surface area contributed by atoms with Gasteiger partial charge in [-0.1, -0.05) is 101 Å². The zero-order chi connectivity index (χ0) is 22.6. The molecule has 0 fully saturated rings. The Balaban J connectivity index is 0.000000858. The molecule has 0 saturated heterocycles. The third-order valence-corrected chi connectivity index (χ3v) is 5.69. The molecule has 0 unspecified atom stereocenters. The molecule has 0 nitrogen and oxygen atoms in total. The van der Waals surface area contributed by atoms with E-state index < -0.39 is 20.8 Å². The van der Waals surface area contributed by atoms with Crippen LogP contribution in [0.3, 0.4) is 0 Å². The molecule has 160 valence electrons. The summed E-state index contributed by atoms with van der Waals surface area (Å²) < 4.78 is 0. The van der Waals surface area contributed by atoms with Crippen molar-refractivity contribution in [3.63, 3.8) is 0 Å². The van der Waals surface area contributed by atoms with Crippen molar-refractivity contribution in [2.45, 2.75) is 46.0 Å². The first kappa shape index (κ1) is 24.4. The van der Waals surface area contributed by atoms with Crippen LogP contribution in [0.4, 0.5) is 0 Å². The molecule has 0 aliphatic carbocycles. The van der Waals surface area contributed by atoms with Gasteiger partial charge in [0.25, 0.3) is 0 Å². The molecule has 0 saturated carbocycles. The van der Waals surface area contributed by atoms with Crippen molar-refractivity contribution in [3.8, 4) is 22.3 Å². The van der Waals surface area contributed by atoms with Crippen LogP contribution in [0.15, 0.2) is 78.9 Å². The second-order valence-electron chi connectivity index (χ2n) is 9.16. The second-order valence-corrected chi connectivity index (χ2v) is 12.9. The topological polar surface area (TPSA) is 0 Å². The van der Waals surface area contributed by atoms with Crippen molar-refractivity contribution in [2.75, 3.05) is 0 Å². The molecule has 0 atom stereocenters. The van der Waals surface area contributed by atoms with Crippen molar-refractivity contribution in [1.29, 1.82) is 0 Å². The summed E-state index contributed by atoms with van der Waals surface area (Å²) in [5.41, 5.74) is 8.25. The van der Waals surface area contributed by atoms with Gasteiger partial charge in [-0.05, 0) is 33.6 Å². The molecule has 4 aromatic rings. The van der Waals surface area contributed by atoms with E-state index in [-0.39, 0.29) is 5.41 Å². The van der Waals surface area contributed by atoms with E-state index in [9.17, 15) is 0 Å². The molecular formula is C28H29Cl2Zr-. The third-order valence-electron chi connectivity index (χ3n) is 5.69. The van der Waals surface area contributed by atoms with E-state index in [1.807, 2.05) is 0 Å². The number of benzene rings is 3. The van der Waals surface area contributed by atoms with Gasteiger partial charge in [0.1, 0.15) is 0 Å². The van der Waals surface area contributed by atoms with E-state index in [2.05, 4.69) is 113 Å². The van der Waals surface area contributed by atoms with E-state index in [0.29, 0.717) is 5.92 Å². The second kappa shape index (κ2) is 10.6. The Morgan fingerprint density at radius 1 is 0.806 bits per heavy atom. The standard InChI is InChI=1S/C28H29.2ClH.Zr/c1-19(2)23-13-9-10-14-25(23)27-24(20-11-7-6-8-12-20)16-15-21-17-22(18-26(21)27)28(3,4)5;;;/h6-19H,1-5H3;2*1H;/q-1;;;+2/p-2. The molecule has 0 spiro atoms. The molecule has 3 heteroatoms. The molecule has 0 amide bonds. The van der Waals surface area contributed by atoms with Gasteiger partial charge in [-0.25, -0.2) is 0 Å². The van der Waals surface area contributed by atoms with E-state index in [0.717, 1.165) is 0 Å². The molecule has 0 N–H and O–H groups in total. The summed E-state index contributed by atoms with van der Waals surface area (Å²) in [6, 6.07) is 29.0. The van der Waals surface area contributed by atoms with Crippen molar-refractivity contribution >= 4 is 27.8 Å². The van der Waals surface area contributed by atoms with Crippen LogP contribution in [0.1, 0.15) is 51.7 Å². The fourth-order valence-electron chi connectivity index (χ4n) is 4.09. The van der Waals surface area contributed by atoms with Crippen LogP contribution in [0, 0.1) is 0 Å². The molecule has 4 aromatic carbocycles. The summed E-state index contributed by atoms with van der Waals surface area (Å²) in [5, 5.41) is 2.69. The van der Waals surface area contributed by atoms with E-state index in [1.165, 1.54) is 44.2 Å². The Morgan fingerprint density at radius 2 is 1.42 bits per heavy atom. The first-order chi connectivity index (χ1) is 14.8. The van der Waals surface area contributed by atoms with E-state index >= 15 is 0 Å². The summed E-state index contributed by atoms with van der Waals surface area (Å²) in [6.45, 7) is 11.4. The van der Waals surface area contributed by atoms with Gasteiger partial charge in [0.2, 0.25) is 0 Å². The first-order valence-electron chi connectivity index (χ1n) is 10.6. The van der Waals surface area contributed by atoms with Crippen molar-refractivity contribution in [1.82, 2.24) is 0 Å². The maximum absolute atomic E-state index is 4.93. The quantitative estimate of drug-likeness (QED) is 0.233. The van der Waals surface area contributed by atoms with Gasteiger partial charge in [0.05, 0.1) is 0 Å². The predicted octanol–water partition coefficient (Wildman–Crippen LogP) is 9.69. The van der Waals surface area contributed by atoms with Crippen LogP contribution in [0.2, 0.25) is 0 Å². The molecule has 4 rings (SSSR count). The van der Waals surface area contributed by atoms with E-state index in [4.69, 9.17) is 17.0 Å². The molecule has 31 heavy (non-hydrogen) atoms. The van der Waals surface area contributed by atoms with Gasteiger partial charge < -0.3 is 0 Å². The van der Waals surface area contributed by atoms with Crippen LogP contribution in [0.5, 0.6) is 0 Å². The zero-order valence-electron chi connectivity index (χ0n) is 18.8. The fraction of sp³-hybridized carbons (Fsp3) is 0.250. The number of hydrogen-bond acceptors (Lipinski definition) is 0. The van der Waals surface area contributed by atoms with Crippen LogP contribution in [0.25, 0.3) is 33.0 Å². The monoisotopic (exact) mass is 525 g/mol. The van der Waals surface area contributed by atoms with Gasteiger partial charge in [0, 0.05) is 0 Å². The first-order valence-corrected chi connectivity index (χ1v) is 17.0. The molecule has 0 aromatic heterocycles. The minimum atomic E-state index is -0.826. The Kier molecular flexibility index (Phi) is 8.31. The fourth-order valence-corrected chi connectivity index (χ4v) is 4.09. The summed E-state index contributed by atoms with van der Waals surface area (Å²) >= 11 is -0.826. The van der Waals surface area contributed by atoms with Gasteiger partial charge in [-0.2, -0.15) is 6.07 Å². The Morgan fingerprint density at radius 3 is 2.03 bits per heavy atom. The average molecular weight is 528 g/mol. The molecule has 0 aliphatic heterocycles. The van der Waals surface area contributed by atoms with Gasteiger partial charge >= 0.3 is 37.9 Å². The normalized spacial score (nSPS) is 11.4. The van der Waals surface area contributed by atoms with Gasteiger partial charge in [-0.15, -0.1) is 28.5 Å². The maximum atomic E-state index is 4.93. The van der Waals surface area contributed by atoms with Gasteiger partial charge in [-0.3, -0.25) is 0 Å². The van der Waals surface area contributed by atoms with E-state index in [1.54, 1.807) is 0 Å². The van der Waals surface area contributed by atoms with Crippen molar-refractivity contribution < 1.29 is 20.8 Å². The summed E-state index contributed by atoms with van der Waals surface area (Å²) in [6.07, 6.45) is 0. The summed E-state index contributed by atoms with van der Waals surface area (Å²) in [4.78, 5) is 0. The SMILES string of the molecule is CC(C)c1ccccc1-c1c(-c2ccccc2)ccc2[cH-]c(C(C)(C)C)cc12.[Cl][Zr][Cl]. The van der Waals surface area contributed by atoms with Crippen LogP contribution < -0.4 is 0 Å². The van der Waals surface area contributed by atoms with Crippen molar-refractivity contribution in [3.05, 3.63) is 90.0 Å². The van der Waals surface area contributed by atoms with Crippen molar-refractivity contribution in [2.24, 2.45) is 0 Å². The Labute approximate surface area is 205 Å². The number of hydrogen-bond donors (Lipinski definition) is 0. The molecule has 0 bridgehead atoms. The number of halogens is 2. The molecular weight excluding hydrogens is 498 g/mol. The number of rotatable bonds is 3. The van der Waals surface area contributed by atoms with Gasteiger partial charge in [0.15, 0.2) is 0 Å². The summed E-state index contributed by atoms with van der Waals surface area (Å²) in [7, 11) is 9.87.